The zero-order valence-corrected chi connectivity index (χ0v) is 9.28. The van der Waals surface area contributed by atoms with Crippen molar-refractivity contribution in [1.29, 1.82) is 0 Å². The van der Waals surface area contributed by atoms with Gasteiger partial charge in [-0.25, -0.2) is 4.98 Å². The third-order valence-electron chi connectivity index (χ3n) is 2.52. The van der Waals surface area contributed by atoms with Gasteiger partial charge in [0.25, 0.3) is 0 Å². The Morgan fingerprint density at radius 2 is 2.27 bits per heavy atom. The highest BCUT2D eigenvalue weighted by Gasteiger charge is 2.07. The molecule has 0 saturated carbocycles. The average Bonchev–Trinajstić information content (AvgIpc) is 2.61. The van der Waals surface area contributed by atoms with Crippen molar-refractivity contribution in [2.75, 3.05) is 12.4 Å². The van der Waals surface area contributed by atoms with E-state index >= 15 is 0 Å². The Hall–Kier alpha value is -1.77. The zero-order valence-electron chi connectivity index (χ0n) is 9.28. The number of nitrogens with zero attached hydrogens (tertiary/aromatic N) is 2. The first kappa shape index (κ1) is 9.77. The Morgan fingerprint density at radius 3 is 2.93 bits per heavy atom. The summed E-state index contributed by atoms with van der Waals surface area (Å²) < 4.78 is 2.02. The second-order valence-corrected chi connectivity index (χ2v) is 3.50. The van der Waals surface area contributed by atoms with Gasteiger partial charge < -0.3 is 9.88 Å². The molecule has 0 aromatic carbocycles. The van der Waals surface area contributed by atoms with Crippen LogP contribution in [0, 0.1) is 0 Å². The molecule has 15 heavy (non-hydrogen) atoms. The first-order chi connectivity index (χ1) is 7.27. The second-order valence-electron chi connectivity index (χ2n) is 3.50. The lowest BCUT2D eigenvalue weighted by atomic mass is 10.1. The van der Waals surface area contributed by atoms with E-state index in [1.54, 1.807) is 0 Å². The lowest BCUT2D eigenvalue weighted by Crippen LogP contribution is -1.95. The van der Waals surface area contributed by atoms with E-state index in [9.17, 15) is 0 Å². The molecule has 0 bridgehead atoms. The fourth-order valence-electron chi connectivity index (χ4n) is 1.81. The van der Waals surface area contributed by atoms with Crippen LogP contribution in [0.2, 0.25) is 0 Å². The summed E-state index contributed by atoms with van der Waals surface area (Å²) in [6, 6.07) is 2.08. The minimum atomic E-state index is 1.01. The lowest BCUT2D eigenvalue weighted by Gasteiger charge is -2.07. The third kappa shape index (κ3) is 1.50. The van der Waals surface area contributed by atoms with Crippen molar-refractivity contribution in [1.82, 2.24) is 9.55 Å². The number of hydrogen-bond donors (Lipinski definition) is 1. The minimum absolute atomic E-state index is 1.01. The van der Waals surface area contributed by atoms with E-state index in [1.165, 1.54) is 0 Å². The number of nitrogens with one attached hydrogen (secondary N) is 1. The summed E-state index contributed by atoms with van der Waals surface area (Å²) in [6.07, 6.45) is 8.00. The van der Waals surface area contributed by atoms with Crippen LogP contribution in [0.1, 0.15) is 12.5 Å². The molecule has 2 rings (SSSR count). The Balaban J connectivity index is 2.75. The van der Waals surface area contributed by atoms with Crippen LogP contribution in [0.5, 0.6) is 0 Å². The summed E-state index contributed by atoms with van der Waals surface area (Å²) in [7, 11) is 3.94. The summed E-state index contributed by atoms with van der Waals surface area (Å²) in [5, 5.41) is 4.39. The van der Waals surface area contributed by atoms with Crippen LogP contribution in [0.15, 0.2) is 24.5 Å². The molecular weight excluding hydrogens is 186 g/mol. The van der Waals surface area contributed by atoms with Crippen molar-refractivity contribution < 1.29 is 0 Å². The lowest BCUT2D eigenvalue weighted by molar-refractivity contribution is 0.948. The Morgan fingerprint density at radius 1 is 1.47 bits per heavy atom. The van der Waals surface area contributed by atoms with E-state index in [4.69, 9.17) is 0 Å². The average molecular weight is 201 g/mol. The van der Waals surface area contributed by atoms with Gasteiger partial charge in [0.15, 0.2) is 0 Å². The van der Waals surface area contributed by atoms with Crippen LogP contribution in [0.4, 0.5) is 5.69 Å². The quantitative estimate of drug-likeness (QED) is 0.809. The number of allylic oxidation sites excluding steroid dienone is 1. The van der Waals surface area contributed by atoms with E-state index in [1.807, 2.05) is 44.1 Å². The van der Waals surface area contributed by atoms with Gasteiger partial charge in [-0.2, -0.15) is 0 Å². The maximum absolute atomic E-state index is 4.44. The van der Waals surface area contributed by atoms with Crippen LogP contribution in [0.25, 0.3) is 17.1 Å². The molecule has 2 aromatic rings. The molecule has 2 heterocycles. The summed E-state index contributed by atoms with van der Waals surface area (Å²) in [4.78, 5) is 4.44. The largest absolute Gasteiger partial charge is 0.387 e. The molecule has 78 valence electrons. The Labute approximate surface area is 89.4 Å². The predicted molar refractivity (Wildman–Crippen MR) is 65.0 cm³/mol. The maximum Gasteiger partial charge on any atom is 0.141 e. The van der Waals surface area contributed by atoms with Gasteiger partial charge >= 0.3 is 0 Å². The summed E-state index contributed by atoms with van der Waals surface area (Å²) >= 11 is 0. The number of hydrogen-bond acceptors (Lipinski definition) is 2. The fourth-order valence-corrected chi connectivity index (χ4v) is 1.81. The highest BCUT2D eigenvalue weighted by Crippen LogP contribution is 2.26. The first-order valence-corrected chi connectivity index (χ1v) is 5.02. The van der Waals surface area contributed by atoms with Crippen LogP contribution in [-0.2, 0) is 7.05 Å². The van der Waals surface area contributed by atoms with Gasteiger partial charge in [0.05, 0.1) is 5.69 Å². The van der Waals surface area contributed by atoms with E-state index in [0.29, 0.717) is 0 Å². The number of aryl methyl sites for hydroxylation is 1. The van der Waals surface area contributed by atoms with Crippen molar-refractivity contribution in [3.63, 3.8) is 0 Å². The Bertz CT molecular complexity index is 509. The molecular formula is C12H15N3. The minimum Gasteiger partial charge on any atom is -0.387 e. The normalized spacial score (nSPS) is 11.4. The van der Waals surface area contributed by atoms with Gasteiger partial charge in [0.2, 0.25) is 0 Å². The predicted octanol–water partition coefficient (Wildman–Crippen LogP) is 2.65. The molecule has 1 N–H and O–H groups in total. The summed E-state index contributed by atoms with van der Waals surface area (Å²) in [6.45, 7) is 2.01. The van der Waals surface area contributed by atoms with Crippen LogP contribution >= 0.6 is 0 Å². The highest BCUT2D eigenvalue weighted by atomic mass is 15.0. The van der Waals surface area contributed by atoms with Crippen molar-refractivity contribution >= 4 is 22.8 Å². The molecule has 3 nitrogen and oxygen atoms in total. The third-order valence-corrected chi connectivity index (χ3v) is 2.52. The molecule has 0 aliphatic rings. The van der Waals surface area contributed by atoms with Crippen LogP contribution in [-0.4, -0.2) is 16.6 Å². The highest BCUT2D eigenvalue weighted by molar-refractivity contribution is 5.94. The zero-order chi connectivity index (χ0) is 10.8. The van der Waals surface area contributed by atoms with Crippen molar-refractivity contribution in [2.45, 2.75) is 6.92 Å². The van der Waals surface area contributed by atoms with Gasteiger partial charge in [-0.15, -0.1) is 0 Å². The SMILES string of the molecule is C/C=C/c1cnc2c(ccn2C)c1NC. The maximum atomic E-state index is 4.44. The molecule has 0 radical (unpaired) electrons. The van der Waals surface area contributed by atoms with E-state index in [2.05, 4.69) is 22.4 Å². The van der Waals surface area contributed by atoms with E-state index in [0.717, 1.165) is 22.3 Å². The van der Waals surface area contributed by atoms with E-state index in [-0.39, 0.29) is 0 Å². The second kappa shape index (κ2) is 3.77. The standard InChI is InChI=1S/C12H15N3/c1-4-5-9-8-14-12-10(11(9)13-2)6-7-15(12)3/h4-8H,1-3H3,(H,13,14)/b5-4+. The number of pyridine rings is 1. The Kier molecular flexibility index (Phi) is 2.46. The molecule has 0 amide bonds. The molecule has 0 spiro atoms. The molecule has 0 fully saturated rings. The number of aromatic nitrogens is 2. The van der Waals surface area contributed by atoms with Gasteiger partial charge in [0, 0.05) is 37.4 Å². The molecule has 0 atom stereocenters. The molecule has 0 aliphatic heterocycles. The van der Waals surface area contributed by atoms with Gasteiger partial charge in [0.1, 0.15) is 5.65 Å². The van der Waals surface area contributed by atoms with E-state index < -0.39 is 0 Å². The van der Waals surface area contributed by atoms with Crippen molar-refractivity contribution in [3.8, 4) is 0 Å². The molecule has 2 aromatic heterocycles. The van der Waals surface area contributed by atoms with Gasteiger partial charge in [-0.1, -0.05) is 12.2 Å². The first-order valence-electron chi connectivity index (χ1n) is 5.02. The molecule has 0 unspecified atom stereocenters. The topological polar surface area (TPSA) is 29.9 Å². The number of rotatable bonds is 2. The number of anilines is 1. The molecule has 0 aliphatic carbocycles. The van der Waals surface area contributed by atoms with Gasteiger partial charge in [-0.3, -0.25) is 0 Å². The molecule has 3 heteroatoms. The van der Waals surface area contributed by atoms with Crippen LogP contribution < -0.4 is 5.32 Å². The fraction of sp³-hybridized carbons (Fsp3) is 0.250. The van der Waals surface area contributed by atoms with Crippen LogP contribution in [0.3, 0.4) is 0 Å². The van der Waals surface area contributed by atoms with Crippen molar-refractivity contribution in [3.05, 3.63) is 30.1 Å². The summed E-state index contributed by atoms with van der Waals surface area (Å²) in [5.41, 5.74) is 3.27. The monoisotopic (exact) mass is 201 g/mol. The van der Waals surface area contributed by atoms with Gasteiger partial charge in [-0.05, 0) is 13.0 Å². The smallest absolute Gasteiger partial charge is 0.141 e. The molecule has 0 saturated heterocycles. The summed E-state index contributed by atoms with van der Waals surface area (Å²) in [5.74, 6) is 0. The van der Waals surface area contributed by atoms with Crippen molar-refractivity contribution in [2.24, 2.45) is 7.05 Å². The number of fused-ring (bicyclic) bond motifs is 1.